The van der Waals surface area contributed by atoms with Crippen LogP contribution in [0.25, 0.3) is 10.9 Å². The first kappa shape index (κ1) is 12.8. The van der Waals surface area contributed by atoms with E-state index in [-0.39, 0.29) is 0 Å². The molecule has 2 aromatic rings. The lowest BCUT2D eigenvalue weighted by Gasteiger charge is -2.17. The number of nitrogens with one attached hydrogen (secondary N) is 1. The third-order valence-electron chi connectivity index (χ3n) is 2.90. The second-order valence-corrected chi connectivity index (χ2v) is 5.25. The van der Waals surface area contributed by atoms with Gasteiger partial charge in [-0.05, 0) is 51.0 Å². The molecule has 0 bridgehead atoms. The van der Waals surface area contributed by atoms with E-state index in [0.29, 0.717) is 0 Å². The molecule has 0 fully saturated rings. The molecule has 0 saturated carbocycles. The summed E-state index contributed by atoms with van der Waals surface area (Å²) in [6.07, 6.45) is 3.56. The largest absolute Gasteiger partial charge is 0.390 e. The molecule has 3 heteroatoms. The van der Waals surface area contributed by atoms with Crippen LogP contribution in [-0.2, 0) is 0 Å². The van der Waals surface area contributed by atoms with Crippen LogP contribution >= 0.6 is 0 Å². The van der Waals surface area contributed by atoms with E-state index in [1.165, 1.54) is 0 Å². The fraction of sp³-hybridized carbons (Fsp3) is 0.400. The van der Waals surface area contributed by atoms with Gasteiger partial charge in [-0.15, -0.1) is 0 Å². The summed E-state index contributed by atoms with van der Waals surface area (Å²) in [5.74, 6) is 0. The van der Waals surface area contributed by atoms with Crippen molar-refractivity contribution < 1.29 is 5.11 Å². The molecule has 0 aliphatic heterocycles. The Morgan fingerprint density at radius 1 is 1.28 bits per heavy atom. The van der Waals surface area contributed by atoms with E-state index in [0.717, 1.165) is 36.0 Å². The van der Waals surface area contributed by atoms with E-state index >= 15 is 0 Å². The molecule has 0 spiro atoms. The Hall–Kier alpha value is -1.61. The summed E-state index contributed by atoms with van der Waals surface area (Å²) in [5, 5.41) is 14.1. The molecule has 0 unspecified atom stereocenters. The van der Waals surface area contributed by atoms with Crippen molar-refractivity contribution in [3.8, 4) is 0 Å². The Kier molecular flexibility index (Phi) is 3.82. The number of aliphatic hydroxyl groups is 1. The molecule has 1 aromatic heterocycles. The number of hydrogen-bond donors (Lipinski definition) is 2. The molecule has 0 atom stereocenters. The van der Waals surface area contributed by atoms with E-state index in [9.17, 15) is 5.11 Å². The molecule has 18 heavy (non-hydrogen) atoms. The fourth-order valence-corrected chi connectivity index (χ4v) is 1.94. The van der Waals surface area contributed by atoms with E-state index in [1.54, 1.807) is 6.20 Å². The van der Waals surface area contributed by atoms with Gasteiger partial charge in [0.2, 0.25) is 0 Å². The van der Waals surface area contributed by atoms with E-state index < -0.39 is 5.60 Å². The van der Waals surface area contributed by atoms with Gasteiger partial charge in [-0.25, -0.2) is 0 Å². The third kappa shape index (κ3) is 3.70. The quantitative estimate of drug-likeness (QED) is 0.794. The molecular weight excluding hydrogens is 224 g/mol. The van der Waals surface area contributed by atoms with Crippen molar-refractivity contribution in [3.63, 3.8) is 0 Å². The van der Waals surface area contributed by atoms with Crippen LogP contribution in [0.5, 0.6) is 0 Å². The molecule has 3 nitrogen and oxygen atoms in total. The summed E-state index contributed by atoms with van der Waals surface area (Å²) in [7, 11) is 0. The Morgan fingerprint density at radius 2 is 2.11 bits per heavy atom. The zero-order chi connectivity index (χ0) is 13.0. The highest BCUT2D eigenvalue weighted by atomic mass is 16.3. The number of aromatic nitrogens is 1. The second-order valence-electron chi connectivity index (χ2n) is 5.25. The lowest BCUT2D eigenvalue weighted by Crippen LogP contribution is -2.19. The van der Waals surface area contributed by atoms with Crippen LogP contribution in [0.4, 0.5) is 5.69 Å². The number of hydrogen-bond acceptors (Lipinski definition) is 3. The average Bonchev–Trinajstić information content (AvgIpc) is 2.33. The SMILES string of the molecule is CC(C)(O)CCCNc1ccc2ncccc2c1. The van der Waals surface area contributed by atoms with Crippen molar-refractivity contribution in [1.29, 1.82) is 0 Å². The van der Waals surface area contributed by atoms with Crippen LogP contribution in [0.15, 0.2) is 36.5 Å². The highest BCUT2D eigenvalue weighted by Crippen LogP contribution is 2.17. The van der Waals surface area contributed by atoms with Gasteiger partial charge in [-0.2, -0.15) is 0 Å². The predicted molar refractivity (Wildman–Crippen MR) is 75.8 cm³/mol. The first-order valence-corrected chi connectivity index (χ1v) is 6.36. The Balaban J connectivity index is 1.92. The van der Waals surface area contributed by atoms with Gasteiger partial charge < -0.3 is 10.4 Å². The zero-order valence-corrected chi connectivity index (χ0v) is 11.0. The minimum Gasteiger partial charge on any atom is -0.390 e. The van der Waals surface area contributed by atoms with E-state index in [1.807, 2.05) is 32.0 Å². The molecule has 0 amide bonds. The average molecular weight is 244 g/mol. The Bertz CT molecular complexity index is 517. The summed E-state index contributed by atoms with van der Waals surface area (Å²) >= 11 is 0. The maximum absolute atomic E-state index is 9.62. The molecule has 1 heterocycles. The summed E-state index contributed by atoms with van der Waals surface area (Å²) in [5.41, 5.74) is 1.54. The minimum atomic E-state index is -0.574. The van der Waals surface area contributed by atoms with E-state index in [4.69, 9.17) is 0 Å². The van der Waals surface area contributed by atoms with Crippen molar-refractivity contribution in [3.05, 3.63) is 36.5 Å². The van der Waals surface area contributed by atoms with Crippen LogP contribution < -0.4 is 5.32 Å². The van der Waals surface area contributed by atoms with Crippen LogP contribution in [0.3, 0.4) is 0 Å². The van der Waals surface area contributed by atoms with Crippen LogP contribution in [0.2, 0.25) is 0 Å². The number of fused-ring (bicyclic) bond motifs is 1. The first-order valence-electron chi connectivity index (χ1n) is 6.36. The molecule has 2 N–H and O–H groups in total. The van der Waals surface area contributed by atoms with Gasteiger partial charge in [0.15, 0.2) is 0 Å². The van der Waals surface area contributed by atoms with Gasteiger partial charge >= 0.3 is 0 Å². The Labute approximate surface area is 108 Å². The maximum atomic E-state index is 9.62. The van der Waals surface area contributed by atoms with Crippen molar-refractivity contribution >= 4 is 16.6 Å². The lowest BCUT2D eigenvalue weighted by atomic mass is 10.0. The van der Waals surface area contributed by atoms with Gasteiger partial charge in [0.1, 0.15) is 0 Å². The van der Waals surface area contributed by atoms with Crippen molar-refractivity contribution in [1.82, 2.24) is 4.98 Å². The molecule has 2 rings (SSSR count). The van der Waals surface area contributed by atoms with Gasteiger partial charge in [0, 0.05) is 23.8 Å². The van der Waals surface area contributed by atoms with Crippen molar-refractivity contribution in [2.75, 3.05) is 11.9 Å². The predicted octanol–water partition coefficient (Wildman–Crippen LogP) is 3.20. The number of benzene rings is 1. The molecule has 0 aliphatic carbocycles. The third-order valence-corrected chi connectivity index (χ3v) is 2.90. The number of nitrogens with zero attached hydrogens (tertiary/aromatic N) is 1. The molecule has 1 aromatic carbocycles. The first-order chi connectivity index (χ1) is 8.54. The van der Waals surface area contributed by atoms with Gasteiger partial charge in [-0.3, -0.25) is 4.98 Å². The van der Waals surface area contributed by atoms with E-state index in [2.05, 4.69) is 22.4 Å². The summed E-state index contributed by atoms with van der Waals surface area (Å²) in [4.78, 5) is 4.29. The van der Waals surface area contributed by atoms with Crippen molar-refractivity contribution in [2.24, 2.45) is 0 Å². The molecule has 0 radical (unpaired) electrons. The molecule has 96 valence electrons. The fourth-order valence-electron chi connectivity index (χ4n) is 1.94. The summed E-state index contributed by atoms with van der Waals surface area (Å²) in [6, 6.07) is 10.2. The maximum Gasteiger partial charge on any atom is 0.0703 e. The summed E-state index contributed by atoms with van der Waals surface area (Å²) < 4.78 is 0. The Morgan fingerprint density at radius 3 is 2.89 bits per heavy atom. The topological polar surface area (TPSA) is 45.1 Å². The lowest BCUT2D eigenvalue weighted by molar-refractivity contribution is 0.0698. The van der Waals surface area contributed by atoms with Crippen molar-refractivity contribution in [2.45, 2.75) is 32.3 Å². The van der Waals surface area contributed by atoms with Crippen LogP contribution in [0.1, 0.15) is 26.7 Å². The van der Waals surface area contributed by atoms with Gasteiger partial charge in [-0.1, -0.05) is 6.07 Å². The van der Waals surface area contributed by atoms with Gasteiger partial charge in [0.25, 0.3) is 0 Å². The van der Waals surface area contributed by atoms with Crippen LogP contribution in [0, 0.1) is 0 Å². The van der Waals surface area contributed by atoms with Gasteiger partial charge in [0.05, 0.1) is 11.1 Å². The number of anilines is 1. The highest BCUT2D eigenvalue weighted by molar-refractivity contribution is 5.82. The standard InChI is InChI=1S/C15H20N2O/c1-15(2,18)8-4-10-16-13-6-7-14-12(11-13)5-3-9-17-14/h3,5-7,9,11,16,18H,4,8,10H2,1-2H3. The van der Waals surface area contributed by atoms with Crippen LogP contribution in [-0.4, -0.2) is 22.2 Å². The second kappa shape index (κ2) is 5.36. The number of pyridine rings is 1. The molecular formula is C15H20N2O. The monoisotopic (exact) mass is 244 g/mol. The zero-order valence-electron chi connectivity index (χ0n) is 11.0. The minimum absolute atomic E-state index is 0.574. The highest BCUT2D eigenvalue weighted by Gasteiger charge is 2.10. The summed E-state index contributed by atoms with van der Waals surface area (Å²) in [6.45, 7) is 4.55. The smallest absolute Gasteiger partial charge is 0.0703 e. The molecule has 0 aliphatic rings. The molecule has 0 saturated heterocycles. The normalized spacial score (nSPS) is 11.7. The number of rotatable bonds is 5.